The first kappa shape index (κ1) is 25.2. The van der Waals surface area contributed by atoms with Gasteiger partial charge in [0.05, 0.1) is 30.8 Å². The molecule has 10 heteroatoms. The molecular weight excluding hydrogens is 484 g/mol. The van der Waals surface area contributed by atoms with Crippen LogP contribution in [0.25, 0.3) is 0 Å². The summed E-state index contributed by atoms with van der Waals surface area (Å²) in [5.74, 6) is 1.56. The van der Waals surface area contributed by atoms with E-state index in [9.17, 15) is 13.2 Å². The number of carbonyl (C=O) groups excluding carboxylic acids is 1. The van der Waals surface area contributed by atoms with Crippen molar-refractivity contribution < 1.29 is 32.2 Å². The minimum atomic E-state index is -4.06. The van der Waals surface area contributed by atoms with Crippen LogP contribution in [-0.2, 0) is 14.8 Å². The molecule has 0 fully saturated rings. The van der Waals surface area contributed by atoms with Crippen molar-refractivity contribution >= 4 is 21.6 Å². The molecule has 0 spiro atoms. The number of nitrogens with zero attached hydrogens (tertiary/aromatic N) is 1. The summed E-state index contributed by atoms with van der Waals surface area (Å²) >= 11 is 0. The van der Waals surface area contributed by atoms with Crippen LogP contribution in [0.5, 0.6) is 23.0 Å². The molecule has 1 N–H and O–H groups in total. The first-order chi connectivity index (χ1) is 17.3. The molecule has 0 aromatic heterocycles. The molecule has 1 aliphatic rings. The van der Waals surface area contributed by atoms with Crippen LogP contribution in [0.4, 0.5) is 5.69 Å². The zero-order valence-corrected chi connectivity index (χ0v) is 21.1. The molecule has 1 amide bonds. The van der Waals surface area contributed by atoms with Crippen molar-refractivity contribution in [2.45, 2.75) is 17.9 Å². The number of fused-ring (bicyclic) bond motifs is 1. The normalized spacial score (nSPS) is 13.4. The highest BCUT2D eigenvalue weighted by Crippen LogP contribution is 2.36. The number of benzene rings is 3. The molecule has 36 heavy (non-hydrogen) atoms. The topological polar surface area (TPSA) is 103 Å². The van der Waals surface area contributed by atoms with Crippen LogP contribution in [0.2, 0.25) is 0 Å². The summed E-state index contributed by atoms with van der Waals surface area (Å²) in [5.41, 5.74) is 1.06. The summed E-state index contributed by atoms with van der Waals surface area (Å²) in [7, 11) is -0.980. The van der Waals surface area contributed by atoms with Crippen LogP contribution >= 0.6 is 0 Å². The second-order valence-corrected chi connectivity index (χ2v) is 9.92. The van der Waals surface area contributed by atoms with Crippen LogP contribution in [-0.4, -0.2) is 48.3 Å². The number of methoxy groups -OCH3 is 2. The van der Waals surface area contributed by atoms with Gasteiger partial charge in [0.2, 0.25) is 5.91 Å². The maximum absolute atomic E-state index is 13.6. The van der Waals surface area contributed by atoms with Crippen LogP contribution in [0.1, 0.15) is 18.5 Å². The Morgan fingerprint density at radius 3 is 2.33 bits per heavy atom. The maximum atomic E-state index is 13.6. The molecule has 1 atom stereocenters. The third kappa shape index (κ3) is 5.33. The van der Waals surface area contributed by atoms with Crippen LogP contribution in [0, 0.1) is 0 Å². The van der Waals surface area contributed by atoms with E-state index < -0.39 is 28.5 Å². The number of anilines is 1. The summed E-state index contributed by atoms with van der Waals surface area (Å²) in [6, 6.07) is 17.7. The van der Waals surface area contributed by atoms with E-state index in [0.717, 1.165) is 9.87 Å². The molecule has 1 heterocycles. The molecule has 3 aromatic carbocycles. The number of hydrogen-bond acceptors (Lipinski definition) is 7. The van der Waals surface area contributed by atoms with Gasteiger partial charge >= 0.3 is 0 Å². The second kappa shape index (κ2) is 10.8. The van der Waals surface area contributed by atoms with Gasteiger partial charge in [-0.25, -0.2) is 8.42 Å². The summed E-state index contributed by atoms with van der Waals surface area (Å²) in [4.78, 5) is 13.2. The van der Waals surface area contributed by atoms with E-state index >= 15 is 0 Å². The largest absolute Gasteiger partial charge is 0.493 e. The lowest BCUT2D eigenvalue weighted by molar-refractivity contribution is -0.120. The van der Waals surface area contributed by atoms with Crippen molar-refractivity contribution in [3.63, 3.8) is 0 Å². The Bertz CT molecular complexity index is 1330. The molecule has 1 aliphatic heterocycles. The zero-order chi connectivity index (χ0) is 25.7. The molecule has 3 aromatic rings. The molecule has 0 bridgehead atoms. The van der Waals surface area contributed by atoms with Gasteiger partial charge in [0.1, 0.15) is 19.8 Å². The summed E-state index contributed by atoms with van der Waals surface area (Å²) in [6.45, 7) is 2.13. The number of ether oxygens (including phenoxy) is 4. The first-order valence-corrected chi connectivity index (χ1v) is 12.8. The highest BCUT2D eigenvalue weighted by atomic mass is 32.2. The quantitative estimate of drug-likeness (QED) is 0.468. The Kier molecular flexibility index (Phi) is 7.54. The van der Waals surface area contributed by atoms with Crippen molar-refractivity contribution in [3.8, 4) is 23.0 Å². The number of sulfonamides is 1. The number of hydrogen-bond donors (Lipinski definition) is 1. The molecule has 0 saturated carbocycles. The summed E-state index contributed by atoms with van der Waals surface area (Å²) in [6.07, 6.45) is 0. The fourth-order valence-electron chi connectivity index (χ4n) is 3.84. The standard InChI is InChI=1S/C26H28N2O7S/c1-18(19-9-11-22(32-2)24(15-19)33-3)27-26(29)17-28(36(30,31)21-7-5-4-6-8-21)20-10-12-23-25(16-20)35-14-13-34-23/h4-12,15-16,18H,13-14,17H2,1-3H3,(H,27,29)/t18-/m1/s1. The molecule has 4 rings (SSSR count). The van der Waals surface area contributed by atoms with E-state index in [1.807, 2.05) is 6.07 Å². The third-order valence-corrected chi connectivity index (χ3v) is 7.51. The Morgan fingerprint density at radius 2 is 1.64 bits per heavy atom. The predicted molar refractivity (Wildman–Crippen MR) is 135 cm³/mol. The number of amides is 1. The van der Waals surface area contributed by atoms with Crippen molar-refractivity contribution in [1.29, 1.82) is 0 Å². The summed E-state index contributed by atoms with van der Waals surface area (Å²) in [5, 5.41) is 2.87. The molecule has 0 radical (unpaired) electrons. The van der Waals surface area contributed by atoms with E-state index in [-0.39, 0.29) is 10.6 Å². The van der Waals surface area contributed by atoms with Crippen molar-refractivity contribution in [1.82, 2.24) is 5.32 Å². The lowest BCUT2D eigenvalue weighted by Crippen LogP contribution is -2.41. The van der Waals surface area contributed by atoms with Gasteiger partial charge < -0.3 is 24.3 Å². The number of carbonyl (C=O) groups is 1. The van der Waals surface area contributed by atoms with Gasteiger partial charge in [-0.2, -0.15) is 0 Å². The molecule has 0 unspecified atom stereocenters. The second-order valence-electron chi connectivity index (χ2n) is 8.06. The Balaban J connectivity index is 1.61. The maximum Gasteiger partial charge on any atom is 0.264 e. The minimum absolute atomic E-state index is 0.0700. The van der Waals surface area contributed by atoms with E-state index in [1.54, 1.807) is 62.6 Å². The van der Waals surface area contributed by atoms with Gasteiger partial charge in [0.15, 0.2) is 23.0 Å². The first-order valence-electron chi connectivity index (χ1n) is 11.3. The highest BCUT2D eigenvalue weighted by molar-refractivity contribution is 7.92. The number of nitrogens with one attached hydrogen (secondary N) is 1. The van der Waals surface area contributed by atoms with Crippen LogP contribution in [0.3, 0.4) is 0 Å². The minimum Gasteiger partial charge on any atom is -0.493 e. The predicted octanol–water partition coefficient (Wildman–Crippen LogP) is 3.55. The van der Waals surface area contributed by atoms with Crippen molar-refractivity contribution in [3.05, 3.63) is 72.3 Å². The lowest BCUT2D eigenvalue weighted by atomic mass is 10.1. The van der Waals surface area contributed by atoms with Gasteiger partial charge in [0, 0.05) is 6.07 Å². The van der Waals surface area contributed by atoms with Gasteiger partial charge in [0.25, 0.3) is 10.0 Å². The fourth-order valence-corrected chi connectivity index (χ4v) is 5.28. The smallest absolute Gasteiger partial charge is 0.264 e. The van der Waals surface area contributed by atoms with Crippen molar-refractivity contribution in [2.24, 2.45) is 0 Å². The Labute approximate surface area is 210 Å². The van der Waals surface area contributed by atoms with E-state index in [0.29, 0.717) is 36.2 Å². The molecule has 190 valence electrons. The Hall–Kier alpha value is -3.92. The SMILES string of the molecule is COc1ccc([C@@H](C)NC(=O)CN(c2ccc3c(c2)OCCO3)S(=O)(=O)c2ccccc2)cc1OC. The number of rotatable bonds is 9. The van der Waals surface area contributed by atoms with E-state index in [2.05, 4.69) is 5.32 Å². The van der Waals surface area contributed by atoms with Crippen LogP contribution in [0.15, 0.2) is 71.6 Å². The van der Waals surface area contributed by atoms with E-state index in [4.69, 9.17) is 18.9 Å². The van der Waals surface area contributed by atoms with Gasteiger partial charge in [-0.15, -0.1) is 0 Å². The highest BCUT2D eigenvalue weighted by Gasteiger charge is 2.29. The van der Waals surface area contributed by atoms with Gasteiger partial charge in [-0.3, -0.25) is 9.10 Å². The fraction of sp³-hybridized carbons (Fsp3) is 0.269. The van der Waals surface area contributed by atoms with Crippen LogP contribution < -0.4 is 28.6 Å². The lowest BCUT2D eigenvalue weighted by Gasteiger charge is -2.27. The molecule has 0 saturated heterocycles. The van der Waals surface area contributed by atoms with Crippen molar-refractivity contribution in [2.75, 3.05) is 38.3 Å². The zero-order valence-electron chi connectivity index (χ0n) is 20.3. The average molecular weight is 513 g/mol. The van der Waals surface area contributed by atoms with E-state index in [1.165, 1.54) is 19.2 Å². The Morgan fingerprint density at radius 1 is 0.944 bits per heavy atom. The van der Waals surface area contributed by atoms with Gasteiger partial charge in [-0.05, 0) is 48.9 Å². The monoisotopic (exact) mass is 512 g/mol. The molecule has 0 aliphatic carbocycles. The average Bonchev–Trinajstić information content (AvgIpc) is 2.91. The molecule has 9 nitrogen and oxygen atoms in total. The third-order valence-electron chi connectivity index (χ3n) is 5.72. The summed E-state index contributed by atoms with van der Waals surface area (Å²) < 4.78 is 50.0. The molecular formula is C26H28N2O7S. The van der Waals surface area contributed by atoms with Gasteiger partial charge in [-0.1, -0.05) is 24.3 Å².